The van der Waals surface area contributed by atoms with Crippen molar-refractivity contribution in [1.29, 1.82) is 0 Å². The Hall–Kier alpha value is -2.14. The number of benzene rings is 1. The van der Waals surface area contributed by atoms with Gasteiger partial charge in [0.05, 0.1) is 6.61 Å². The quantitative estimate of drug-likeness (QED) is 0.704. The highest BCUT2D eigenvalue weighted by atomic mass is 16.5. The Morgan fingerprint density at radius 3 is 3.05 bits per heavy atom. The number of aromatic amines is 1. The van der Waals surface area contributed by atoms with Crippen molar-refractivity contribution in [3.05, 3.63) is 30.1 Å². The molecule has 5 heteroatoms. The van der Waals surface area contributed by atoms with Gasteiger partial charge in [0, 0.05) is 24.6 Å². The van der Waals surface area contributed by atoms with Gasteiger partial charge in [0.25, 0.3) is 0 Å². The van der Waals surface area contributed by atoms with E-state index in [0.717, 1.165) is 34.3 Å². The fourth-order valence-corrected chi connectivity index (χ4v) is 2.21. The van der Waals surface area contributed by atoms with Crippen molar-refractivity contribution in [2.24, 2.45) is 0 Å². The van der Waals surface area contributed by atoms with Crippen molar-refractivity contribution < 1.29 is 4.74 Å². The van der Waals surface area contributed by atoms with Gasteiger partial charge >= 0.3 is 0 Å². The standard InChI is InChI=1S/C14H16N4O/c1-9-3-4-11-10(7-9)12-13(18-11)14(17-8-16-12)15-5-6-19-2/h3-4,7-8,18H,5-6H2,1-2H3,(H,15,16,17). The molecular formula is C14H16N4O. The Bertz CT molecular complexity index is 720. The first-order valence-corrected chi connectivity index (χ1v) is 6.25. The van der Waals surface area contributed by atoms with E-state index in [9.17, 15) is 0 Å². The number of hydrogen-bond donors (Lipinski definition) is 2. The number of rotatable bonds is 4. The number of hydrogen-bond acceptors (Lipinski definition) is 4. The van der Waals surface area contributed by atoms with Crippen molar-refractivity contribution >= 4 is 27.8 Å². The van der Waals surface area contributed by atoms with Gasteiger partial charge in [0.1, 0.15) is 17.4 Å². The van der Waals surface area contributed by atoms with Gasteiger partial charge in [-0.15, -0.1) is 0 Å². The van der Waals surface area contributed by atoms with Crippen LogP contribution in [0.4, 0.5) is 5.82 Å². The summed E-state index contributed by atoms with van der Waals surface area (Å²) in [5.74, 6) is 0.816. The molecule has 0 bridgehead atoms. The molecule has 0 unspecified atom stereocenters. The maximum absolute atomic E-state index is 5.03. The van der Waals surface area contributed by atoms with E-state index < -0.39 is 0 Å². The van der Waals surface area contributed by atoms with Gasteiger partial charge in [0.15, 0.2) is 5.82 Å². The minimum Gasteiger partial charge on any atom is -0.383 e. The molecule has 0 atom stereocenters. The van der Waals surface area contributed by atoms with E-state index in [0.29, 0.717) is 6.61 Å². The lowest BCUT2D eigenvalue weighted by atomic mass is 10.2. The van der Waals surface area contributed by atoms with Crippen LogP contribution in [-0.4, -0.2) is 35.2 Å². The van der Waals surface area contributed by atoms with Crippen LogP contribution in [0.1, 0.15) is 5.56 Å². The second-order valence-corrected chi connectivity index (χ2v) is 4.54. The predicted molar refractivity (Wildman–Crippen MR) is 76.5 cm³/mol. The lowest BCUT2D eigenvalue weighted by Crippen LogP contribution is -2.09. The zero-order chi connectivity index (χ0) is 13.2. The molecule has 0 saturated carbocycles. The molecule has 0 aliphatic carbocycles. The summed E-state index contributed by atoms with van der Waals surface area (Å²) in [5, 5.41) is 4.39. The number of ether oxygens (including phenoxy) is 1. The first-order valence-electron chi connectivity index (χ1n) is 6.25. The number of aryl methyl sites for hydroxylation is 1. The number of nitrogens with zero attached hydrogens (tertiary/aromatic N) is 2. The van der Waals surface area contributed by atoms with E-state index in [-0.39, 0.29) is 0 Å². The topological polar surface area (TPSA) is 62.8 Å². The first-order chi connectivity index (χ1) is 9.29. The summed E-state index contributed by atoms with van der Waals surface area (Å²) < 4.78 is 5.03. The summed E-state index contributed by atoms with van der Waals surface area (Å²) in [4.78, 5) is 12.0. The zero-order valence-corrected chi connectivity index (χ0v) is 11.0. The van der Waals surface area contributed by atoms with Gasteiger partial charge in [-0.3, -0.25) is 0 Å². The van der Waals surface area contributed by atoms with Crippen molar-refractivity contribution in [1.82, 2.24) is 15.0 Å². The molecule has 98 valence electrons. The fraction of sp³-hybridized carbons (Fsp3) is 0.286. The number of nitrogens with one attached hydrogen (secondary N) is 2. The highest BCUT2D eigenvalue weighted by molar-refractivity contribution is 6.08. The van der Waals surface area contributed by atoms with Crippen LogP contribution in [-0.2, 0) is 4.74 Å². The van der Waals surface area contributed by atoms with E-state index in [4.69, 9.17) is 4.74 Å². The second-order valence-electron chi connectivity index (χ2n) is 4.54. The third kappa shape index (κ3) is 2.13. The smallest absolute Gasteiger partial charge is 0.153 e. The molecule has 2 heterocycles. The molecule has 2 aromatic heterocycles. The maximum atomic E-state index is 5.03. The van der Waals surface area contributed by atoms with Gasteiger partial charge in [-0.25, -0.2) is 9.97 Å². The highest BCUT2D eigenvalue weighted by Gasteiger charge is 2.10. The summed E-state index contributed by atoms with van der Waals surface area (Å²) in [5.41, 5.74) is 4.20. The first kappa shape index (κ1) is 11.9. The van der Waals surface area contributed by atoms with Crippen molar-refractivity contribution in [2.45, 2.75) is 6.92 Å². The molecule has 3 aromatic rings. The third-order valence-electron chi connectivity index (χ3n) is 3.14. The summed E-state index contributed by atoms with van der Waals surface area (Å²) in [6, 6.07) is 6.30. The molecular weight excluding hydrogens is 240 g/mol. The van der Waals surface area contributed by atoms with Crippen LogP contribution in [0.5, 0.6) is 0 Å². The van der Waals surface area contributed by atoms with Crippen LogP contribution in [0.2, 0.25) is 0 Å². The monoisotopic (exact) mass is 256 g/mol. The van der Waals surface area contributed by atoms with E-state index >= 15 is 0 Å². The van der Waals surface area contributed by atoms with Crippen LogP contribution in [0, 0.1) is 6.92 Å². The number of H-pyrrole nitrogens is 1. The molecule has 19 heavy (non-hydrogen) atoms. The Morgan fingerprint density at radius 2 is 2.21 bits per heavy atom. The number of fused-ring (bicyclic) bond motifs is 3. The zero-order valence-electron chi connectivity index (χ0n) is 11.0. The van der Waals surface area contributed by atoms with Crippen LogP contribution >= 0.6 is 0 Å². The molecule has 0 saturated heterocycles. The van der Waals surface area contributed by atoms with Crippen LogP contribution < -0.4 is 5.32 Å². The van der Waals surface area contributed by atoms with Crippen molar-refractivity contribution in [3.8, 4) is 0 Å². The highest BCUT2D eigenvalue weighted by Crippen LogP contribution is 2.27. The van der Waals surface area contributed by atoms with Gasteiger partial charge in [-0.2, -0.15) is 0 Å². The van der Waals surface area contributed by atoms with Gasteiger partial charge < -0.3 is 15.0 Å². The molecule has 3 rings (SSSR count). The Kier molecular flexibility index (Phi) is 3.05. The van der Waals surface area contributed by atoms with Crippen LogP contribution in [0.15, 0.2) is 24.5 Å². The third-order valence-corrected chi connectivity index (χ3v) is 3.14. The van der Waals surface area contributed by atoms with E-state index in [1.165, 1.54) is 5.56 Å². The molecule has 0 amide bonds. The molecule has 5 nitrogen and oxygen atoms in total. The van der Waals surface area contributed by atoms with E-state index in [1.807, 2.05) is 0 Å². The minimum absolute atomic E-state index is 0.644. The number of anilines is 1. The van der Waals surface area contributed by atoms with Gasteiger partial charge in [0.2, 0.25) is 0 Å². The normalized spacial score (nSPS) is 11.3. The van der Waals surface area contributed by atoms with Crippen molar-refractivity contribution in [2.75, 3.05) is 25.6 Å². The lowest BCUT2D eigenvalue weighted by Gasteiger charge is -2.04. The average Bonchev–Trinajstić information content (AvgIpc) is 2.78. The SMILES string of the molecule is COCCNc1ncnc2c1[nH]c1ccc(C)cc12. The Balaban J connectivity index is 2.12. The van der Waals surface area contributed by atoms with Gasteiger partial charge in [-0.05, 0) is 19.1 Å². The lowest BCUT2D eigenvalue weighted by molar-refractivity contribution is 0.210. The van der Waals surface area contributed by atoms with Crippen LogP contribution in [0.3, 0.4) is 0 Å². The molecule has 2 N–H and O–H groups in total. The fourth-order valence-electron chi connectivity index (χ4n) is 2.21. The molecule has 0 spiro atoms. The summed E-state index contributed by atoms with van der Waals surface area (Å²) in [7, 11) is 1.68. The average molecular weight is 256 g/mol. The van der Waals surface area contributed by atoms with Crippen LogP contribution in [0.25, 0.3) is 21.9 Å². The number of aromatic nitrogens is 3. The minimum atomic E-state index is 0.644. The molecule has 0 radical (unpaired) electrons. The molecule has 0 aliphatic rings. The van der Waals surface area contributed by atoms with E-state index in [1.54, 1.807) is 13.4 Å². The largest absolute Gasteiger partial charge is 0.383 e. The van der Waals surface area contributed by atoms with Crippen molar-refractivity contribution in [3.63, 3.8) is 0 Å². The molecule has 1 aromatic carbocycles. The number of methoxy groups -OCH3 is 1. The van der Waals surface area contributed by atoms with E-state index in [2.05, 4.69) is 45.4 Å². The van der Waals surface area contributed by atoms with Gasteiger partial charge in [-0.1, -0.05) is 11.6 Å². The Morgan fingerprint density at radius 1 is 1.32 bits per heavy atom. The summed E-state index contributed by atoms with van der Waals surface area (Å²) >= 11 is 0. The molecule has 0 aliphatic heterocycles. The predicted octanol–water partition coefficient (Wildman–Crippen LogP) is 2.48. The second kappa shape index (κ2) is 4.85. The maximum Gasteiger partial charge on any atom is 0.153 e. The molecule has 0 fully saturated rings. The summed E-state index contributed by atoms with van der Waals surface area (Å²) in [6.07, 6.45) is 1.59. The summed E-state index contributed by atoms with van der Waals surface area (Å²) in [6.45, 7) is 3.44. The Labute approximate surface area is 111 Å².